The van der Waals surface area contributed by atoms with Gasteiger partial charge >= 0.3 is 6.18 Å². The fourth-order valence-electron chi connectivity index (χ4n) is 4.83. The Hall–Kier alpha value is -4.66. The summed E-state index contributed by atoms with van der Waals surface area (Å²) in [5.41, 5.74) is -1.24. The Morgan fingerprint density at radius 2 is 1.67 bits per heavy atom. The van der Waals surface area contributed by atoms with Crippen LogP contribution in [0.4, 0.5) is 26.3 Å². The van der Waals surface area contributed by atoms with Crippen molar-refractivity contribution < 1.29 is 40.7 Å². The monoisotopic (exact) mass is 636 g/mol. The van der Waals surface area contributed by atoms with Crippen LogP contribution in [-0.4, -0.2) is 89.0 Å². The van der Waals surface area contributed by atoms with Crippen LogP contribution in [0, 0.1) is 24.4 Å². The summed E-state index contributed by atoms with van der Waals surface area (Å²) in [5.74, 6) is -3.37. The molecule has 0 N–H and O–H groups in total. The lowest BCUT2D eigenvalue weighted by molar-refractivity contribution is -0.143. The van der Waals surface area contributed by atoms with E-state index < -0.39 is 35.2 Å². The van der Waals surface area contributed by atoms with Crippen LogP contribution in [0.5, 0.6) is 5.75 Å². The molecule has 0 saturated carbocycles. The molecular formula is C30H30F6N6O3. The molecule has 0 spiro atoms. The highest BCUT2D eigenvalue weighted by atomic mass is 19.4. The average molecular weight is 637 g/mol. The van der Waals surface area contributed by atoms with Crippen molar-refractivity contribution in [3.8, 4) is 17.0 Å². The number of piperazine rings is 1. The predicted molar refractivity (Wildman–Crippen MR) is 152 cm³/mol. The van der Waals surface area contributed by atoms with Crippen molar-refractivity contribution in [1.29, 1.82) is 0 Å². The van der Waals surface area contributed by atoms with Crippen LogP contribution in [0.25, 0.3) is 16.9 Å². The molecular weight excluding hydrogens is 606 g/mol. The Balaban J connectivity index is 0.000000854. The first kappa shape index (κ1) is 33.2. The highest BCUT2D eigenvalue weighted by molar-refractivity contribution is 6.00. The van der Waals surface area contributed by atoms with Crippen molar-refractivity contribution in [2.75, 3.05) is 47.4 Å². The molecule has 15 heteroatoms. The first-order valence-corrected chi connectivity index (χ1v) is 13.6. The number of amides is 2. The third-order valence-corrected chi connectivity index (χ3v) is 7.08. The Bertz CT molecular complexity index is 1680. The highest BCUT2D eigenvalue weighted by Crippen LogP contribution is 2.37. The number of alkyl halides is 3. The van der Waals surface area contributed by atoms with E-state index in [-0.39, 0.29) is 60.8 Å². The second-order valence-corrected chi connectivity index (χ2v) is 10.5. The molecule has 0 unspecified atom stereocenters. The number of fused-ring (bicyclic) bond motifs is 1. The lowest BCUT2D eigenvalue weighted by atomic mass is 10.0. The number of benzene rings is 2. The van der Waals surface area contributed by atoms with E-state index in [9.17, 15) is 35.9 Å². The van der Waals surface area contributed by atoms with E-state index >= 15 is 0 Å². The van der Waals surface area contributed by atoms with Crippen LogP contribution in [-0.2, 0) is 17.5 Å². The largest absolute Gasteiger partial charge is 0.497 e. The fourth-order valence-corrected chi connectivity index (χ4v) is 4.83. The normalized spacial score (nSPS) is 13.8. The molecule has 1 saturated heterocycles. The number of rotatable bonds is 6. The Morgan fingerprint density at radius 3 is 2.22 bits per heavy atom. The molecule has 3 heterocycles. The molecule has 0 bridgehead atoms. The summed E-state index contributed by atoms with van der Waals surface area (Å²) in [4.78, 5) is 31.9. The van der Waals surface area contributed by atoms with E-state index in [1.807, 2.05) is 0 Å². The molecule has 45 heavy (non-hydrogen) atoms. The molecule has 1 aliphatic rings. The third kappa shape index (κ3) is 7.36. The minimum absolute atomic E-state index is 0.0474. The zero-order chi connectivity index (χ0) is 33.1. The van der Waals surface area contributed by atoms with Gasteiger partial charge in [0.25, 0.3) is 5.91 Å². The van der Waals surface area contributed by atoms with Crippen molar-refractivity contribution in [2.45, 2.75) is 19.6 Å². The summed E-state index contributed by atoms with van der Waals surface area (Å²) in [7, 11) is 4.84. The second-order valence-electron chi connectivity index (χ2n) is 10.5. The molecule has 2 aromatic heterocycles. The maximum absolute atomic E-state index is 14.2. The fraction of sp³-hybridized carbons (Fsp3) is 0.333. The highest BCUT2D eigenvalue weighted by Gasteiger charge is 2.39. The van der Waals surface area contributed by atoms with Crippen LogP contribution in [0.15, 0.2) is 42.6 Å². The molecule has 2 aromatic carbocycles. The maximum Gasteiger partial charge on any atom is 0.433 e. The molecule has 0 atom stereocenters. The van der Waals surface area contributed by atoms with Crippen LogP contribution in [0.3, 0.4) is 0 Å². The van der Waals surface area contributed by atoms with Crippen LogP contribution in [0.2, 0.25) is 0 Å². The van der Waals surface area contributed by atoms with Gasteiger partial charge in [0.15, 0.2) is 23.0 Å². The van der Waals surface area contributed by atoms with Crippen molar-refractivity contribution in [2.24, 2.45) is 0 Å². The lowest BCUT2D eigenvalue weighted by Crippen LogP contribution is -2.48. The van der Waals surface area contributed by atoms with E-state index in [1.165, 1.54) is 23.8 Å². The van der Waals surface area contributed by atoms with Crippen molar-refractivity contribution in [1.82, 2.24) is 29.3 Å². The van der Waals surface area contributed by atoms with Crippen molar-refractivity contribution >= 4 is 18.0 Å². The van der Waals surface area contributed by atoms with Gasteiger partial charge in [0, 0.05) is 69.6 Å². The van der Waals surface area contributed by atoms with Crippen molar-refractivity contribution in [3.05, 3.63) is 82.4 Å². The van der Waals surface area contributed by atoms with Gasteiger partial charge in [-0.05, 0) is 37.3 Å². The third-order valence-electron chi connectivity index (χ3n) is 7.08. The van der Waals surface area contributed by atoms with E-state index in [0.29, 0.717) is 21.9 Å². The van der Waals surface area contributed by atoms with Gasteiger partial charge < -0.3 is 14.5 Å². The van der Waals surface area contributed by atoms with Gasteiger partial charge in [-0.1, -0.05) is 0 Å². The van der Waals surface area contributed by atoms with Gasteiger partial charge in [0.2, 0.25) is 6.41 Å². The first-order valence-electron chi connectivity index (χ1n) is 13.6. The van der Waals surface area contributed by atoms with Crippen LogP contribution in [0.1, 0.15) is 27.2 Å². The van der Waals surface area contributed by atoms with E-state index in [1.54, 1.807) is 43.3 Å². The van der Waals surface area contributed by atoms with Crippen LogP contribution < -0.4 is 4.74 Å². The van der Waals surface area contributed by atoms with E-state index in [0.717, 1.165) is 18.7 Å². The van der Waals surface area contributed by atoms with Gasteiger partial charge in [-0.2, -0.15) is 18.3 Å². The van der Waals surface area contributed by atoms with Gasteiger partial charge in [-0.15, -0.1) is 0 Å². The molecule has 0 aliphatic carbocycles. The summed E-state index contributed by atoms with van der Waals surface area (Å²) in [6.07, 6.45) is -2.97. The molecule has 1 aliphatic heterocycles. The summed E-state index contributed by atoms with van der Waals surface area (Å²) in [6.45, 7) is 2.03. The quantitative estimate of drug-likeness (QED) is 0.172. The topological polar surface area (TPSA) is 83.3 Å². The molecule has 4 aromatic rings. The van der Waals surface area contributed by atoms with Crippen molar-refractivity contribution in [3.63, 3.8) is 0 Å². The minimum Gasteiger partial charge on any atom is -0.497 e. The molecule has 2 amide bonds. The smallest absolute Gasteiger partial charge is 0.433 e. The second kappa shape index (κ2) is 13.5. The van der Waals surface area contributed by atoms with E-state index in [4.69, 9.17) is 4.74 Å². The zero-order valence-electron chi connectivity index (χ0n) is 24.8. The number of nitrogens with zero attached hydrogens (tertiary/aromatic N) is 6. The summed E-state index contributed by atoms with van der Waals surface area (Å²) in [6, 6.07) is 7.73. The molecule has 1 fully saturated rings. The minimum atomic E-state index is -4.78. The summed E-state index contributed by atoms with van der Waals surface area (Å²) < 4.78 is 89.5. The molecule has 240 valence electrons. The average Bonchev–Trinajstić information content (AvgIpc) is 3.42. The Kier molecular flexibility index (Phi) is 10.0. The van der Waals surface area contributed by atoms with E-state index in [2.05, 4.69) is 10.1 Å². The zero-order valence-corrected chi connectivity index (χ0v) is 24.8. The number of aromatic nitrogens is 3. The number of carbonyl (C=O) groups is 2. The molecule has 0 radical (unpaired) electrons. The van der Waals surface area contributed by atoms with Gasteiger partial charge in [-0.25, -0.2) is 22.7 Å². The number of hydrogen-bond acceptors (Lipinski definition) is 6. The first-order chi connectivity index (χ1) is 21.2. The number of hydrogen-bond donors (Lipinski definition) is 0. The van der Waals surface area contributed by atoms with Crippen LogP contribution >= 0.6 is 0 Å². The summed E-state index contributed by atoms with van der Waals surface area (Å²) >= 11 is 0. The maximum atomic E-state index is 14.2. The predicted octanol–water partition coefficient (Wildman–Crippen LogP) is 4.81. The molecule has 9 nitrogen and oxygen atoms in total. The molecule has 5 rings (SSSR count). The lowest BCUT2D eigenvalue weighted by Gasteiger charge is -2.34. The standard InChI is InChI=1S/C27H23F6N5O2.C3H7NO/c1-15-23(16-3-5-19(40-2)6-4-16)35-25-20(13-34-38(25)24(15)27(31,32)33)26(39)37-9-7-36(8-10-37)14-17-11-18(28)12-21(29)22(17)30;1-4(2)3-5/h3-6,11-13H,7-10,14H2,1-2H3;3H,1-2H3. The number of carbonyl (C=O) groups excluding carboxylic acids is 2. The van der Waals surface area contributed by atoms with Gasteiger partial charge in [0.05, 0.1) is 19.0 Å². The van der Waals surface area contributed by atoms with Gasteiger partial charge in [0.1, 0.15) is 17.1 Å². The Morgan fingerprint density at radius 1 is 1.04 bits per heavy atom. The number of halogens is 6. The van der Waals surface area contributed by atoms with Gasteiger partial charge in [-0.3, -0.25) is 14.5 Å². The number of methoxy groups -OCH3 is 1. The number of ether oxygens (including phenoxy) is 1. The Labute approximate surface area is 254 Å². The SMILES string of the molecule is CN(C)C=O.COc1ccc(-c2nc3c(C(=O)N4CCN(Cc5cc(F)cc(F)c5F)CC4)cnn3c(C(F)(F)F)c2C)cc1. The summed E-state index contributed by atoms with van der Waals surface area (Å²) in [5, 5.41) is 3.86.